The molecule has 2 rings (SSSR count). The van der Waals surface area contributed by atoms with Crippen LogP contribution < -0.4 is 5.32 Å². The van der Waals surface area contributed by atoms with E-state index in [2.05, 4.69) is 43.4 Å². The lowest BCUT2D eigenvalue weighted by Gasteiger charge is -2.44. The number of benzene rings is 1. The van der Waals surface area contributed by atoms with Crippen LogP contribution in [0, 0.1) is 6.92 Å². The van der Waals surface area contributed by atoms with E-state index in [1.807, 2.05) is 0 Å². The number of rotatable bonds is 3. The van der Waals surface area contributed by atoms with Gasteiger partial charge in [-0.05, 0) is 31.9 Å². The lowest BCUT2D eigenvalue weighted by Crippen LogP contribution is -2.54. The lowest BCUT2D eigenvalue weighted by atomic mass is 9.77. The topological polar surface area (TPSA) is 12.0 Å². The molecular weight excluding hydrogens is 170 g/mol. The van der Waals surface area contributed by atoms with Crippen molar-refractivity contribution in [1.29, 1.82) is 0 Å². The summed E-state index contributed by atoms with van der Waals surface area (Å²) in [5.74, 6) is 0. The largest absolute Gasteiger partial charge is 0.307 e. The van der Waals surface area contributed by atoms with Gasteiger partial charge in [-0.2, -0.15) is 0 Å². The highest BCUT2D eigenvalue weighted by Gasteiger charge is 2.36. The minimum Gasteiger partial charge on any atom is -0.307 e. The van der Waals surface area contributed by atoms with Crippen LogP contribution >= 0.6 is 0 Å². The standard InChI is InChI=1S/C13H19N/c1-3-7-13(8-9-14-13)12-6-4-5-11(2)10-12/h4-6,10,14H,3,7-9H2,1-2H3. The first-order valence-electron chi connectivity index (χ1n) is 5.59. The van der Waals surface area contributed by atoms with Gasteiger partial charge in [0.05, 0.1) is 0 Å². The molecule has 1 heterocycles. The molecule has 1 aliphatic rings. The van der Waals surface area contributed by atoms with Gasteiger partial charge in [0, 0.05) is 5.54 Å². The van der Waals surface area contributed by atoms with E-state index in [4.69, 9.17) is 0 Å². The predicted octanol–water partition coefficient (Wildman–Crippen LogP) is 2.98. The Morgan fingerprint density at radius 1 is 1.43 bits per heavy atom. The van der Waals surface area contributed by atoms with Crippen molar-refractivity contribution in [3.63, 3.8) is 0 Å². The van der Waals surface area contributed by atoms with Crippen LogP contribution in [0.15, 0.2) is 24.3 Å². The van der Waals surface area contributed by atoms with Gasteiger partial charge in [-0.25, -0.2) is 0 Å². The van der Waals surface area contributed by atoms with E-state index in [1.165, 1.54) is 36.9 Å². The van der Waals surface area contributed by atoms with Crippen LogP contribution in [0.2, 0.25) is 0 Å². The predicted molar refractivity (Wildman–Crippen MR) is 60.4 cm³/mol. The Labute approximate surface area is 86.5 Å². The summed E-state index contributed by atoms with van der Waals surface area (Å²) in [7, 11) is 0. The Balaban J connectivity index is 2.27. The molecule has 1 fully saturated rings. The van der Waals surface area contributed by atoms with Crippen LogP contribution in [0.5, 0.6) is 0 Å². The van der Waals surface area contributed by atoms with Gasteiger partial charge in [0.2, 0.25) is 0 Å². The summed E-state index contributed by atoms with van der Waals surface area (Å²) in [6.45, 7) is 5.60. The van der Waals surface area contributed by atoms with Gasteiger partial charge < -0.3 is 5.32 Å². The van der Waals surface area contributed by atoms with E-state index in [0.717, 1.165) is 0 Å². The molecule has 0 radical (unpaired) electrons. The summed E-state index contributed by atoms with van der Waals surface area (Å²) in [6, 6.07) is 8.92. The molecule has 0 amide bonds. The molecule has 0 aliphatic carbocycles. The smallest absolute Gasteiger partial charge is 0.0446 e. The van der Waals surface area contributed by atoms with Gasteiger partial charge in [-0.3, -0.25) is 0 Å². The first-order chi connectivity index (χ1) is 6.77. The van der Waals surface area contributed by atoms with Crippen molar-refractivity contribution in [2.24, 2.45) is 0 Å². The summed E-state index contributed by atoms with van der Waals surface area (Å²) >= 11 is 0. The van der Waals surface area contributed by atoms with Gasteiger partial charge >= 0.3 is 0 Å². The van der Waals surface area contributed by atoms with E-state index >= 15 is 0 Å². The van der Waals surface area contributed by atoms with Crippen molar-refractivity contribution in [2.75, 3.05) is 6.54 Å². The Morgan fingerprint density at radius 2 is 2.21 bits per heavy atom. The zero-order valence-electron chi connectivity index (χ0n) is 9.14. The fourth-order valence-corrected chi connectivity index (χ4v) is 2.40. The lowest BCUT2D eigenvalue weighted by molar-refractivity contribution is 0.191. The number of hydrogen-bond acceptors (Lipinski definition) is 1. The van der Waals surface area contributed by atoms with Crippen LogP contribution in [0.4, 0.5) is 0 Å². The molecule has 0 spiro atoms. The SMILES string of the molecule is CCCC1(c2cccc(C)c2)CCN1. The number of aryl methyl sites for hydroxylation is 1. The maximum Gasteiger partial charge on any atom is 0.0446 e. The maximum atomic E-state index is 3.60. The highest BCUT2D eigenvalue weighted by molar-refractivity contribution is 5.31. The van der Waals surface area contributed by atoms with Gasteiger partial charge in [0.1, 0.15) is 0 Å². The second-order valence-electron chi connectivity index (χ2n) is 4.38. The summed E-state index contributed by atoms with van der Waals surface area (Å²) in [4.78, 5) is 0. The van der Waals surface area contributed by atoms with Gasteiger partial charge in [-0.15, -0.1) is 0 Å². The molecule has 1 saturated heterocycles. The van der Waals surface area contributed by atoms with E-state index in [9.17, 15) is 0 Å². The molecule has 0 aromatic heterocycles. The third-order valence-electron chi connectivity index (χ3n) is 3.26. The average molecular weight is 189 g/mol. The molecule has 1 heteroatoms. The van der Waals surface area contributed by atoms with Crippen molar-refractivity contribution in [1.82, 2.24) is 5.32 Å². The fourth-order valence-electron chi connectivity index (χ4n) is 2.40. The van der Waals surface area contributed by atoms with Gasteiger partial charge in [-0.1, -0.05) is 43.2 Å². The van der Waals surface area contributed by atoms with Crippen molar-refractivity contribution >= 4 is 0 Å². The van der Waals surface area contributed by atoms with Crippen LogP contribution in [0.25, 0.3) is 0 Å². The summed E-state index contributed by atoms with van der Waals surface area (Å²) in [6.07, 6.45) is 3.81. The molecule has 1 aliphatic heterocycles. The summed E-state index contributed by atoms with van der Waals surface area (Å²) in [5, 5.41) is 3.60. The first kappa shape index (κ1) is 9.72. The van der Waals surface area contributed by atoms with Crippen LogP contribution in [-0.4, -0.2) is 6.54 Å². The Bertz CT molecular complexity index is 313. The minimum absolute atomic E-state index is 0.306. The monoisotopic (exact) mass is 189 g/mol. The minimum atomic E-state index is 0.306. The third-order valence-corrected chi connectivity index (χ3v) is 3.26. The second kappa shape index (κ2) is 3.74. The Hall–Kier alpha value is -0.820. The van der Waals surface area contributed by atoms with Crippen LogP contribution in [-0.2, 0) is 5.54 Å². The highest BCUT2D eigenvalue weighted by atomic mass is 15.0. The fraction of sp³-hybridized carbons (Fsp3) is 0.538. The number of nitrogens with one attached hydrogen (secondary N) is 1. The average Bonchev–Trinajstić information content (AvgIpc) is 2.11. The van der Waals surface area contributed by atoms with Gasteiger partial charge in [0.25, 0.3) is 0 Å². The van der Waals surface area contributed by atoms with Crippen molar-refractivity contribution in [3.8, 4) is 0 Å². The Kier molecular flexibility index (Phi) is 2.60. The highest BCUT2D eigenvalue weighted by Crippen LogP contribution is 2.35. The zero-order valence-corrected chi connectivity index (χ0v) is 9.14. The summed E-state index contributed by atoms with van der Waals surface area (Å²) in [5.41, 5.74) is 3.15. The van der Waals surface area contributed by atoms with Crippen molar-refractivity contribution < 1.29 is 0 Å². The molecule has 1 nitrogen and oxygen atoms in total. The summed E-state index contributed by atoms with van der Waals surface area (Å²) < 4.78 is 0. The molecule has 14 heavy (non-hydrogen) atoms. The van der Waals surface area contributed by atoms with E-state index in [1.54, 1.807) is 0 Å². The van der Waals surface area contributed by atoms with Crippen molar-refractivity contribution in [3.05, 3.63) is 35.4 Å². The second-order valence-corrected chi connectivity index (χ2v) is 4.38. The normalized spacial score (nSPS) is 25.9. The quantitative estimate of drug-likeness (QED) is 0.770. The third kappa shape index (κ3) is 1.57. The first-order valence-corrected chi connectivity index (χ1v) is 5.59. The number of hydrogen-bond donors (Lipinski definition) is 1. The molecule has 1 aromatic rings. The molecule has 1 atom stereocenters. The molecule has 1 aromatic carbocycles. The maximum absolute atomic E-state index is 3.60. The molecule has 1 unspecified atom stereocenters. The Morgan fingerprint density at radius 3 is 2.71 bits per heavy atom. The molecule has 1 N–H and O–H groups in total. The molecule has 0 saturated carbocycles. The van der Waals surface area contributed by atoms with Crippen molar-refractivity contribution in [2.45, 2.75) is 38.6 Å². The molecule has 76 valence electrons. The van der Waals surface area contributed by atoms with E-state index in [0.29, 0.717) is 5.54 Å². The van der Waals surface area contributed by atoms with Crippen LogP contribution in [0.1, 0.15) is 37.3 Å². The van der Waals surface area contributed by atoms with Crippen LogP contribution in [0.3, 0.4) is 0 Å². The van der Waals surface area contributed by atoms with E-state index < -0.39 is 0 Å². The molecule has 0 bridgehead atoms. The van der Waals surface area contributed by atoms with E-state index in [-0.39, 0.29) is 0 Å². The van der Waals surface area contributed by atoms with Gasteiger partial charge in [0.15, 0.2) is 0 Å². The zero-order chi connectivity index (χ0) is 10.0. The molecular formula is C13H19N.